The number of anilines is 1. The van der Waals surface area contributed by atoms with Crippen molar-refractivity contribution in [3.63, 3.8) is 0 Å². The minimum absolute atomic E-state index is 0.0941. The van der Waals surface area contributed by atoms with E-state index in [0.717, 1.165) is 17.0 Å². The summed E-state index contributed by atoms with van der Waals surface area (Å²) in [4.78, 5) is 14.6. The maximum absolute atomic E-state index is 12.7. The number of ether oxygens (including phenoxy) is 2. The van der Waals surface area contributed by atoms with E-state index in [4.69, 9.17) is 9.47 Å². The van der Waals surface area contributed by atoms with Crippen molar-refractivity contribution in [2.75, 3.05) is 32.9 Å². The molecule has 1 atom stereocenters. The van der Waals surface area contributed by atoms with Crippen molar-refractivity contribution in [2.24, 2.45) is 0 Å². The number of hydrogen-bond acceptors (Lipinski definition) is 4. The highest BCUT2D eigenvalue weighted by Crippen LogP contribution is 2.20. The second kappa shape index (κ2) is 9.36. The van der Waals surface area contributed by atoms with E-state index >= 15 is 0 Å². The van der Waals surface area contributed by atoms with Crippen LogP contribution in [0.4, 0.5) is 5.69 Å². The average Bonchev–Trinajstić information content (AvgIpc) is 2.70. The van der Waals surface area contributed by atoms with E-state index in [1.54, 1.807) is 0 Å². The van der Waals surface area contributed by atoms with Crippen LogP contribution in [0.1, 0.15) is 24.9 Å². The van der Waals surface area contributed by atoms with Crippen LogP contribution in [0.25, 0.3) is 0 Å². The molecule has 1 radical (unpaired) electrons. The van der Waals surface area contributed by atoms with Crippen LogP contribution in [0.3, 0.4) is 0 Å². The van der Waals surface area contributed by atoms with E-state index in [0.29, 0.717) is 39.3 Å². The summed E-state index contributed by atoms with van der Waals surface area (Å²) in [5.74, 6) is 0.991. The molecule has 1 fully saturated rings. The number of para-hydroxylation sites is 1. The van der Waals surface area contributed by atoms with Gasteiger partial charge >= 0.3 is 0 Å². The Morgan fingerprint density at radius 3 is 2.46 bits per heavy atom. The molecule has 0 spiro atoms. The molecule has 2 aromatic carbocycles. The van der Waals surface area contributed by atoms with Gasteiger partial charge in [0.1, 0.15) is 5.75 Å². The van der Waals surface area contributed by atoms with Gasteiger partial charge in [-0.25, -0.2) is 0 Å². The molecule has 1 heterocycles. The van der Waals surface area contributed by atoms with E-state index in [1.807, 2.05) is 66.4 Å². The van der Waals surface area contributed by atoms with E-state index in [1.165, 1.54) is 0 Å². The van der Waals surface area contributed by atoms with Gasteiger partial charge < -0.3 is 14.4 Å². The largest absolute Gasteiger partial charge is 0.494 e. The third-order valence-corrected chi connectivity index (χ3v) is 4.45. The molecular formula is C21H26N2O3+. The lowest BCUT2D eigenvalue weighted by molar-refractivity contribution is -0.617. The van der Waals surface area contributed by atoms with Gasteiger partial charge in [0.05, 0.1) is 26.2 Å². The molecule has 1 N–H and O–H groups in total. The van der Waals surface area contributed by atoms with Gasteiger partial charge in [0.25, 0.3) is 0 Å². The summed E-state index contributed by atoms with van der Waals surface area (Å²) in [6.45, 7) is 5.17. The van der Waals surface area contributed by atoms with Gasteiger partial charge in [0.2, 0.25) is 5.91 Å². The van der Waals surface area contributed by atoms with Crippen LogP contribution in [-0.2, 0) is 9.53 Å². The maximum atomic E-state index is 12.7. The molecule has 1 unspecified atom stereocenters. The Balaban J connectivity index is 1.75. The average molecular weight is 354 g/mol. The third kappa shape index (κ3) is 5.07. The molecule has 2 aromatic rings. The van der Waals surface area contributed by atoms with Crippen molar-refractivity contribution in [1.82, 2.24) is 4.90 Å². The first kappa shape index (κ1) is 18.4. The van der Waals surface area contributed by atoms with Crippen molar-refractivity contribution in [3.8, 4) is 5.75 Å². The SMILES string of the molecule is CCOc1ccc(C(CC(=O)N2CCOCC2)[NH+]c2ccccc2)cc1. The van der Waals surface area contributed by atoms with Gasteiger partial charge in [-0.1, -0.05) is 18.2 Å². The highest BCUT2D eigenvalue weighted by molar-refractivity contribution is 5.77. The van der Waals surface area contributed by atoms with E-state index in [2.05, 4.69) is 5.32 Å². The first-order valence-electron chi connectivity index (χ1n) is 9.16. The van der Waals surface area contributed by atoms with Crippen molar-refractivity contribution in [2.45, 2.75) is 19.4 Å². The minimum Gasteiger partial charge on any atom is -0.494 e. The van der Waals surface area contributed by atoms with Gasteiger partial charge in [0.15, 0.2) is 11.7 Å². The van der Waals surface area contributed by atoms with Crippen LogP contribution < -0.4 is 10.1 Å². The fraction of sp³-hybridized carbons (Fsp3) is 0.381. The zero-order valence-electron chi connectivity index (χ0n) is 15.2. The summed E-state index contributed by atoms with van der Waals surface area (Å²) >= 11 is 0. The van der Waals surface area contributed by atoms with E-state index in [9.17, 15) is 4.79 Å². The molecule has 0 bridgehead atoms. The predicted octanol–water partition coefficient (Wildman–Crippen LogP) is 2.06. The monoisotopic (exact) mass is 354 g/mol. The molecule has 5 heteroatoms. The molecule has 1 amide bonds. The number of carbonyl (C=O) groups excluding carboxylic acids is 1. The van der Waals surface area contributed by atoms with Gasteiger partial charge in [-0.2, -0.15) is 0 Å². The number of nitrogens with zero attached hydrogens (tertiary/aromatic N) is 1. The molecular weight excluding hydrogens is 328 g/mol. The Kier molecular flexibility index (Phi) is 6.63. The molecule has 5 nitrogen and oxygen atoms in total. The Morgan fingerprint density at radius 2 is 1.81 bits per heavy atom. The van der Waals surface area contributed by atoms with Crippen LogP contribution in [0.15, 0.2) is 54.6 Å². The number of nitrogens with one attached hydrogen (secondary N) is 1. The van der Waals surface area contributed by atoms with Gasteiger partial charge in [-0.05, 0) is 31.2 Å². The van der Waals surface area contributed by atoms with Gasteiger partial charge in [-0.3, -0.25) is 4.79 Å². The Labute approximate surface area is 154 Å². The minimum atomic E-state index is -0.0941. The number of hydrogen-bond donors (Lipinski definition) is 1. The van der Waals surface area contributed by atoms with Crippen LogP contribution in [0.5, 0.6) is 5.75 Å². The maximum Gasteiger partial charge on any atom is 0.229 e. The lowest BCUT2D eigenvalue weighted by Crippen LogP contribution is -2.79. The number of amides is 1. The molecule has 1 aliphatic heterocycles. The van der Waals surface area contributed by atoms with Gasteiger partial charge in [0, 0.05) is 30.8 Å². The summed E-state index contributed by atoms with van der Waals surface area (Å²) in [7, 11) is 0. The lowest BCUT2D eigenvalue weighted by atomic mass is 10.0. The first-order chi connectivity index (χ1) is 12.8. The third-order valence-electron chi connectivity index (χ3n) is 4.45. The number of benzene rings is 2. The Bertz CT molecular complexity index is 682. The Hall–Kier alpha value is -2.37. The molecule has 0 aliphatic carbocycles. The van der Waals surface area contributed by atoms with E-state index < -0.39 is 0 Å². The quantitative estimate of drug-likeness (QED) is 0.828. The topological polar surface area (TPSA) is 54.4 Å². The lowest BCUT2D eigenvalue weighted by Gasteiger charge is -2.27. The molecule has 1 aliphatic rings. The fourth-order valence-electron chi connectivity index (χ4n) is 3.07. The normalized spacial score (nSPS) is 15.5. The predicted molar refractivity (Wildman–Crippen MR) is 99.4 cm³/mol. The molecule has 137 valence electrons. The van der Waals surface area contributed by atoms with Crippen molar-refractivity contribution in [1.29, 1.82) is 0 Å². The van der Waals surface area contributed by atoms with Crippen molar-refractivity contribution >= 4 is 11.6 Å². The van der Waals surface area contributed by atoms with Crippen LogP contribution in [-0.4, -0.2) is 43.7 Å². The second-order valence-electron chi connectivity index (χ2n) is 6.26. The number of rotatable bonds is 7. The zero-order valence-corrected chi connectivity index (χ0v) is 15.2. The zero-order chi connectivity index (χ0) is 18.2. The Morgan fingerprint density at radius 1 is 1.12 bits per heavy atom. The first-order valence-corrected chi connectivity index (χ1v) is 9.16. The fourth-order valence-corrected chi connectivity index (χ4v) is 3.07. The van der Waals surface area contributed by atoms with Crippen molar-refractivity contribution in [3.05, 3.63) is 60.2 Å². The molecule has 1 saturated heterocycles. The highest BCUT2D eigenvalue weighted by atomic mass is 16.5. The summed E-state index contributed by atoms with van der Waals surface area (Å²) < 4.78 is 10.9. The molecule has 26 heavy (non-hydrogen) atoms. The van der Waals surface area contributed by atoms with Crippen LogP contribution in [0, 0.1) is 0 Å². The number of carbonyl (C=O) groups is 1. The summed E-state index contributed by atoms with van der Waals surface area (Å²) in [5.41, 5.74) is 2.07. The highest BCUT2D eigenvalue weighted by Gasteiger charge is 2.27. The smallest absolute Gasteiger partial charge is 0.229 e. The van der Waals surface area contributed by atoms with Crippen LogP contribution in [0.2, 0.25) is 0 Å². The summed E-state index contributed by atoms with van der Waals surface area (Å²) in [6, 6.07) is 17.9. The standard InChI is InChI=1S/C21H26N2O3/c1-2-26-19-10-8-17(9-11-19)20(22-18-6-4-3-5-7-18)16-21(24)23-12-14-25-15-13-23/h3-11,20,22H,2,12-16H2,1H3/q+1. The molecule has 3 rings (SSSR count). The van der Waals surface area contributed by atoms with Gasteiger partial charge in [-0.15, -0.1) is 5.32 Å². The number of morpholine rings is 1. The second-order valence-corrected chi connectivity index (χ2v) is 6.26. The molecule has 0 aromatic heterocycles. The van der Waals surface area contributed by atoms with E-state index in [-0.39, 0.29) is 11.9 Å². The summed E-state index contributed by atoms with van der Waals surface area (Å²) in [6.07, 6.45) is 0.406. The van der Waals surface area contributed by atoms with Crippen molar-refractivity contribution < 1.29 is 19.6 Å². The van der Waals surface area contributed by atoms with Crippen LogP contribution >= 0.6 is 0 Å². The summed E-state index contributed by atoms with van der Waals surface area (Å²) in [5, 5.41) is 3.50. The molecule has 0 saturated carbocycles.